The molecule has 2 aromatic rings. The van der Waals surface area contributed by atoms with Crippen LogP contribution in [0.3, 0.4) is 0 Å². The number of aromatic nitrogens is 2. The van der Waals surface area contributed by atoms with Gasteiger partial charge in [0.05, 0.1) is 6.04 Å². The number of nitrogens with two attached hydrogens (primary N) is 1. The molecule has 1 aromatic carbocycles. The van der Waals surface area contributed by atoms with E-state index in [0.717, 1.165) is 12.0 Å². The van der Waals surface area contributed by atoms with Crippen LogP contribution in [0.1, 0.15) is 37.8 Å². The van der Waals surface area contributed by atoms with Crippen LogP contribution in [-0.4, -0.2) is 10.1 Å². The van der Waals surface area contributed by atoms with E-state index in [9.17, 15) is 0 Å². The van der Waals surface area contributed by atoms with Gasteiger partial charge in [0, 0.05) is 5.56 Å². The lowest BCUT2D eigenvalue weighted by Gasteiger charge is -2.12. The van der Waals surface area contributed by atoms with Crippen LogP contribution in [-0.2, 0) is 0 Å². The van der Waals surface area contributed by atoms with Gasteiger partial charge >= 0.3 is 0 Å². The fourth-order valence-corrected chi connectivity index (χ4v) is 1.77. The number of benzene rings is 1. The zero-order chi connectivity index (χ0) is 13.1. The summed E-state index contributed by atoms with van der Waals surface area (Å²) in [6.45, 7) is 6.22. The largest absolute Gasteiger partial charge is 0.337 e. The zero-order valence-corrected chi connectivity index (χ0v) is 11.1. The summed E-state index contributed by atoms with van der Waals surface area (Å²) in [5.41, 5.74) is 8.21. The Morgan fingerprint density at radius 1 is 1.39 bits per heavy atom. The minimum atomic E-state index is -0.193. The number of nitrogens with zero attached hydrogens (tertiary/aromatic N) is 2. The molecule has 0 radical (unpaired) electrons. The molecule has 2 N–H and O–H groups in total. The topological polar surface area (TPSA) is 64.9 Å². The SMILES string of the molecule is CC[C@H](C)[C@H](N)c1nc(-c2cccc(C)c2)no1. The molecule has 0 aliphatic heterocycles. The van der Waals surface area contributed by atoms with E-state index in [4.69, 9.17) is 10.3 Å². The van der Waals surface area contributed by atoms with Gasteiger partial charge in [-0.1, -0.05) is 49.2 Å². The van der Waals surface area contributed by atoms with Crippen molar-refractivity contribution in [1.82, 2.24) is 10.1 Å². The molecule has 0 spiro atoms. The quantitative estimate of drug-likeness (QED) is 0.899. The molecule has 4 heteroatoms. The van der Waals surface area contributed by atoms with Crippen LogP contribution in [0.5, 0.6) is 0 Å². The Balaban J connectivity index is 2.25. The Kier molecular flexibility index (Phi) is 3.77. The summed E-state index contributed by atoms with van der Waals surface area (Å²) in [7, 11) is 0. The average Bonchev–Trinajstić information content (AvgIpc) is 2.86. The van der Waals surface area contributed by atoms with Crippen molar-refractivity contribution in [1.29, 1.82) is 0 Å². The second kappa shape index (κ2) is 5.31. The summed E-state index contributed by atoms with van der Waals surface area (Å²) in [6.07, 6.45) is 0.989. The van der Waals surface area contributed by atoms with Crippen LogP contribution in [0.2, 0.25) is 0 Å². The normalized spacial score (nSPS) is 14.4. The number of rotatable bonds is 4. The summed E-state index contributed by atoms with van der Waals surface area (Å²) < 4.78 is 5.26. The molecule has 4 nitrogen and oxygen atoms in total. The molecule has 2 rings (SSSR count). The first kappa shape index (κ1) is 12.8. The van der Waals surface area contributed by atoms with Crippen LogP contribution in [0, 0.1) is 12.8 Å². The van der Waals surface area contributed by atoms with E-state index in [1.807, 2.05) is 31.2 Å². The highest BCUT2D eigenvalue weighted by Crippen LogP contribution is 2.23. The van der Waals surface area contributed by atoms with Gasteiger partial charge in [-0.2, -0.15) is 4.98 Å². The standard InChI is InChI=1S/C14H19N3O/c1-4-10(3)12(15)14-16-13(17-18-14)11-7-5-6-9(2)8-11/h5-8,10,12H,4,15H2,1-3H3/t10-,12-/m0/s1. The molecule has 0 saturated heterocycles. The van der Waals surface area contributed by atoms with Crippen molar-refractivity contribution in [2.45, 2.75) is 33.2 Å². The first-order valence-corrected chi connectivity index (χ1v) is 6.28. The fourth-order valence-electron chi connectivity index (χ4n) is 1.77. The van der Waals surface area contributed by atoms with Gasteiger partial charge in [-0.25, -0.2) is 0 Å². The van der Waals surface area contributed by atoms with Crippen LogP contribution >= 0.6 is 0 Å². The van der Waals surface area contributed by atoms with Crippen molar-refractivity contribution in [3.05, 3.63) is 35.7 Å². The third kappa shape index (κ3) is 2.59. The second-order valence-corrected chi connectivity index (χ2v) is 4.74. The monoisotopic (exact) mass is 245 g/mol. The Morgan fingerprint density at radius 3 is 2.83 bits per heavy atom. The molecule has 0 amide bonds. The molecule has 18 heavy (non-hydrogen) atoms. The maximum Gasteiger partial charge on any atom is 0.244 e. The average molecular weight is 245 g/mol. The van der Waals surface area contributed by atoms with Gasteiger partial charge in [0.25, 0.3) is 0 Å². The Hall–Kier alpha value is -1.68. The van der Waals surface area contributed by atoms with Gasteiger partial charge in [-0.05, 0) is 18.9 Å². The summed E-state index contributed by atoms with van der Waals surface area (Å²) in [5.74, 6) is 1.45. The molecule has 1 aromatic heterocycles. The van der Waals surface area contributed by atoms with Gasteiger partial charge < -0.3 is 10.3 Å². The van der Waals surface area contributed by atoms with E-state index >= 15 is 0 Å². The van der Waals surface area contributed by atoms with E-state index in [0.29, 0.717) is 17.6 Å². The molecule has 0 aliphatic carbocycles. The number of hydrogen-bond donors (Lipinski definition) is 1. The minimum Gasteiger partial charge on any atom is -0.337 e. The third-order valence-corrected chi connectivity index (χ3v) is 3.26. The second-order valence-electron chi connectivity index (χ2n) is 4.74. The van der Waals surface area contributed by atoms with Gasteiger partial charge in [0.2, 0.25) is 11.7 Å². The molecular formula is C14H19N3O. The van der Waals surface area contributed by atoms with Crippen molar-refractivity contribution in [3.8, 4) is 11.4 Å². The van der Waals surface area contributed by atoms with E-state index < -0.39 is 0 Å². The predicted octanol–water partition coefficient (Wildman–Crippen LogP) is 3.09. The minimum absolute atomic E-state index is 0.193. The Labute approximate surface area is 107 Å². The predicted molar refractivity (Wildman–Crippen MR) is 70.9 cm³/mol. The molecule has 0 saturated carbocycles. The highest BCUT2D eigenvalue weighted by Gasteiger charge is 2.20. The summed E-state index contributed by atoms with van der Waals surface area (Å²) in [6, 6.07) is 7.82. The van der Waals surface area contributed by atoms with E-state index in [1.165, 1.54) is 5.56 Å². The van der Waals surface area contributed by atoms with Gasteiger partial charge in [-0.15, -0.1) is 0 Å². The number of hydrogen-bond acceptors (Lipinski definition) is 4. The van der Waals surface area contributed by atoms with Crippen LogP contribution in [0.4, 0.5) is 0 Å². The molecule has 0 fully saturated rings. The lowest BCUT2D eigenvalue weighted by atomic mass is 10.0. The van der Waals surface area contributed by atoms with Crippen molar-refractivity contribution in [2.75, 3.05) is 0 Å². The maximum atomic E-state index is 6.07. The van der Waals surface area contributed by atoms with Crippen molar-refractivity contribution < 1.29 is 4.52 Å². The highest BCUT2D eigenvalue weighted by atomic mass is 16.5. The molecule has 96 valence electrons. The summed E-state index contributed by atoms with van der Waals surface area (Å²) >= 11 is 0. The van der Waals surface area contributed by atoms with Gasteiger partial charge in [0.15, 0.2) is 0 Å². The molecule has 0 aliphatic rings. The summed E-state index contributed by atoms with van der Waals surface area (Å²) in [5, 5.41) is 4.00. The Bertz CT molecular complexity index is 521. The van der Waals surface area contributed by atoms with E-state index in [2.05, 4.69) is 24.0 Å². The molecule has 1 heterocycles. The van der Waals surface area contributed by atoms with E-state index in [-0.39, 0.29) is 6.04 Å². The maximum absolute atomic E-state index is 6.07. The van der Waals surface area contributed by atoms with Gasteiger partial charge in [0.1, 0.15) is 0 Å². The van der Waals surface area contributed by atoms with E-state index in [1.54, 1.807) is 0 Å². The summed E-state index contributed by atoms with van der Waals surface area (Å²) in [4.78, 5) is 4.39. The third-order valence-electron chi connectivity index (χ3n) is 3.26. The first-order chi connectivity index (χ1) is 8.61. The zero-order valence-electron chi connectivity index (χ0n) is 11.1. The van der Waals surface area contributed by atoms with Crippen molar-refractivity contribution in [2.24, 2.45) is 11.7 Å². The van der Waals surface area contributed by atoms with Crippen LogP contribution in [0.25, 0.3) is 11.4 Å². The lowest BCUT2D eigenvalue weighted by Crippen LogP contribution is -2.18. The van der Waals surface area contributed by atoms with Crippen LogP contribution < -0.4 is 5.73 Å². The molecule has 2 atom stereocenters. The van der Waals surface area contributed by atoms with Gasteiger partial charge in [-0.3, -0.25) is 0 Å². The van der Waals surface area contributed by atoms with Crippen molar-refractivity contribution in [3.63, 3.8) is 0 Å². The number of aryl methyl sites for hydroxylation is 1. The molecular weight excluding hydrogens is 226 g/mol. The lowest BCUT2D eigenvalue weighted by molar-refractivity contribution is 0.312. The van der Waals surface area contributed by atoms with Crippen LogP contribution in [0.15, 0.2) is 28.8 Å². The Morgan fingerprint density at radius 2 is 2.17 bits per heavy atom. The molecule has 0 unspecified atom stereocenters. The van der Waals surface area contributed by atoms with Crippen molar-refractivity contribution >= 4 is 0 Å². The fraction of sp³-hybridized carbons (Fsp3) is 0.429. The smallest absolute Gasteiger partial charge is 0.244 e. The molecule has 0 bridgehead atoms. The highest BCUT2D eigenvalue weighted by molar-refractivity contribution is 5.55. The first-order valence-electron chi connectivity index (χ1n) is 6.28.